The summed E-state index contributed by atoms with van der Waals surface area (Å²) in [4.78, 5) is 4.27. The molecule has 1 aliphatic rings. The number of aromatic nitrogens is 1. The monoisotopic (exact) mass is 375 g/mol. The molecule has 1 nitrogen and oxygen atoms in total. The second-order valence-electron chi connectivity index (χ2n) is 6.50. The van der Waals surface area contributed by atoms with E-state index in [0.717, 1.165) is 30.4 Å². The van der Waals surface area contributed by atoms with Gasteiger partial charge in [0.2, 0.25) is 5.82 Å². The Kier molecular flexibility index (Phi) is 4.42. The van der Waals surface area contributed by atoms with E-state index in [-0.39, 0.29) is 5.69 Å². The van der Waals surface area contributed by atoms with Gasteiger partial charge in [-0.05, 0) is 48.4 Å². The van der Waals surface area contributed by atoms with Crippen molar-refractivity contribution in [2.75, 3.05) is 0 Å². The number of aryl methyl sites for hydroxylation is 1. The number of benzene rings is 2. The number of hydrogen-bond acceptors (Lipinski definition) is 1. The standard InChI is InChI=1S/C21H14F5N/c22-17-16(18(23)20(25)21(26)19(17)24)15-10-13(11-6-2-1-3-7-11)12-8-4-5-9-14(12)27-15/h1-3,6-7,10H,4-5,8-9H2. The minimum absolute atomic E-state index is 0.248. The highest BCUT2D eigenvalue weighted by Gasteiger charge is 2.28. The molecular formula is C21H14F5N. The molecule has 1 aliphatic carbocycles. The molecule has 138 valence electrons. The van der Waals surface area contributed by atoms with E-state index in [1.54, 1.807) is 0 Å². The molecule has 1 aromatic heterocycles. The molecule has 0 spiro atoms. The Balaban J connectivity index is 2.01. The van der Waals surface area contributed by atoms with Gasteiger partial charge in [-0.2, -0.15) is 0 Å². The van der Waals surface area contributed by atoms with Crippen LogP contribution in [0.4, 0.5) is 22.0 Å². The van der Waals surface area contributed by atoms with Crippen LogP contribution < -0.4 is 0 Å². The van der Waals surface area contributed by atoms with Gasteiger partial charge in [-0.1, -0.05) is 30.3 Å². The third-order valence-corrected chi connectivity index (χ3v) is 4.85. The highest BCUT2D eigenvalue weighted by atomic mass is 19.2. The molecule has 0 unspecified atom stereocenters. The SMILES string of the molecule is Fc1c(F)c(F)c(-c2cc(-c3ccccc3)c3c(n2)CCCC3)c(F)c1F. The lowest BCUT2D eigenvalue weighted by atomic mass is 9.88. The Hall–Kier alpha value is -2.76. The Labute approximate surface area is 152 Å². The fourth-order valence-electron chi connectivity index (χ4n) is 3.54. The summed E-state index contributed by atoms with van der Waals surface area (Å²) in [7, 11) is 0. The normalized spacial score (nSPS) is 13.5. The molecule has 6 heteroatoms. The lowest BCUT2D eigenvalue weighted by Crippen LogP contribution is -2.10. The molecule has 27 heavy (non-hydrogen) atoms. The van der Waals surface area contributed by atoms with Crippen LogP contribution in [-0.2, 0) is 12.8 Å². The van der Waals surface area contributed by atoms with E-state index >= 15 is 0 Å². The van der Waals surface area contributed by atoms with E-state index < -0.39 is 34.6 Å². The van der Waals surface area contributed by atoms with E-state index in [1.807, 2.05) is 30.3 Å². The third kappa shape index (κ3) is 2.89. The van der Waals surface area contributed by atoms with E-state index in [9.17, 15) is 22.0 Å². The average Bonchev–Trinajstić information content (AvgIpc) is 2.71. The number of halogens is 5. The number of nitrogens with zero attached hydrogens (tertiary/aromatic N) is 1. The van der Waals surface area contributed by atoms with Crippen molar-refractivity contribution in [1.29, 1.82) is 0 Å². The molecule has 0 saturated heterocycles. The molecule has 0 aliphatic heterocycles. The Bertz CT molecular complexity index is 1000. The van der Waals surface area contributed by atoms with Gasteiger partial charge in [0.25, 0.3) is 0 Å². The van der Waals surface area contributed by atoms with Crippen LogP contribution in [0.2, 0.25) is 0 Å². The van der Waals surface area contributed by atoms with Crippen molar-refractivity contribution in [2.45, 2.75) is 25.7 Å². The van der Waals surface area contributed by atoms with Crippen molar-refractivity contribution in [2.24, 2.45) is 0 Å². The maximum Gasteiger partial charge on any atom is 0.200 e. The van der Waals surface area contributed by atoms with Crippen molar-refractivity contribution in [3.05, 3.63) is 76.7 Å². The van der Waals surface area contributed by atoms with Gasteiger partial charge in [0.05, 0.1) is 11.3 Å². The number of hydrogen-bond donors (Lipinski definition) is 0. The number of fused-ring (bicyclic) bond motifs is 1. The summed E-state index contributed by atoms with van der Waals surface area (Å²) in [6.07, 6.45) is 3.16. The van der Waals surface area contributed by atoms with E-state index in [1.165, 1.54) is 6.07 Å². The second kappa shape index (κ2) is 6.76. The van der Waals surface area contributed by atoms with Crippen LogP contribution >= 0.6 is 0 Å². The van der Waals surface area contributed by atoms with Crippen molar-refractivity contribution < 1.29 is 22.0 Å². The third-order valence-electron chi connectivity index (χ3n) is 4.85. The van der Waals surface area contributed by atoms with Crippen LogP contribution in [0.25, 0.3) is 22.4 Å². The Morgan fingerprint density at radius 3 is 1.96 bits per heavy atom. The Morgan fingerprint density at radius 2 is 1.30 bits per heavy atom. The minimum atomic E-state index is -2.17. The fourth-order valence-corrected chi connectivity index (χ4v) is 3.54. The van der Waals surface area contributed by atoms with Crippen LogP contribution in [-0.4, -0.2) is 4.98 Å². The molecule has 0 radical (unpaired) electrons. The van der Waals surface area contributed by atoms with Gasteiger partial charge >= 0.3 is 0 Å². The van der Waals surface area contributed by atoms with Gasteiger partial charge in [0.15, 0.2) is 23.3 Å². The summed E-state index contributed by atoms with van der Waals surface area (Å²) >= 11 is 0. The summed E-state index contributed by atoms with van der Waals surface area (Å²) in [5.41, 5.74) is 1.88. The maximum absolute atomic E-state index is 14.3. The van der Waals surface area contributed by atoms with Gasteiger partial charge in [-0.3, -0.25) is 4.98 Å². The summed E-state index contributed by atoms with van der Waals surface area (Å²) in [6.45, 7) is 0. The predicted octanol–water partition coefficient (Wildman–Crippen LogP) is 5.99. The first-order chi connectivity index (χ1) is 13.0. The van der Waals surface area contributed by atoms with E-state index in [2.05, 4.69) is 4.98 Å². The molecule has 0 N–H and O–H groups in total. The quantitative estimate of drug-likeness (QED) is 0.305. The molecule has 2 aromatic carbocycles. The summed E-state index contributed by atoms with van der Waals surface area (Å²) in [5.74, 6) is -9.84. The highest BCUT2D eigenvalue weighted by molar-refractivity contribution is 5.75. The van der Waals surface area contributed by atoms with Crippen LogP contribution in [0.3, 0.4) is 0 Å². The van der Waals surface area contributed by atoms with Gasteiger partial charge in [0, 0.05) is 5.69 Å². The summed E-state index contributed by atoms with van der Waals surface area (Å²) in [5, 5.41) is 0. The predicted molar refractivity (Wildman–Crippen MR) is 91.5 cm³/mol. The number of pyridine rings is 1. The van der Waals surface area contributed by atoms with Crippen molar-refractivity contribution >= 4 is 0 Å². The van der Waals surface area contributed by atoms with E-state index in [0.29, 0.717) is 17.7 Å². The van der Waals surface area contributed by atoms with E-state index in [4.69, 9.17) is 0 Å². The zero-order valence-electron chi connectivity index (χ0n) is 14.1. The maximum atomic E-state index is 14.3. The van der Waals surface area contributed by atoms with Crippen molar-refractivity contribution in [1.82, 2.24) is 4.98 Å². The first kappa shape index (κ1) is 17.6. The first-order valence-electron chi connectivity index (χ1n) is 8.59. The molecule has 1 heterocycles. The molecule has 0 amide bonds. The second-order valence-corrected chi connectivity index (χ2v) is 6.50. The molecular weight excluding hydrogens is 361 g/mol. The van der Waals surface area contributed by atoms with Crippen molar-refractivity contribution in [3.8, 4) is 22.4 Å². The minimum Gasteiger partial charge on any atom is -0.252 e. The zero-order valence-corrected chi connectivity index (χ0v) is 14.1. The van der Waals surface area contributed by atoms with Crippen LogP contribution in [0.5, 0.6) is 0 Å². The molecule has 0 saturated carbocycles. The van der Waals surface area contributed by atoms with Gasteiger partial charge in [0.1, 0.15) is 0 Å². The Morgan fingerprint density at radius 1 is 0.704 bits per heavy atom. The highest BCUT2D eigenvalue weighted by Crippen LogP contribution is 2.37. The molecule has 0 atom stereocenters. The lowest BCUT2D eigenvalue weighted by Gasteiger charge is -2.21. The summed E-state index contributed by atoms with van der Waals surface area (Å²) < 4.78 is 69.3. The van der Waals surface area contributed by atoms with Gasteiger partial charge in [-0.15, -0.1) is 0 Å². The largest absolute Gasteiger partial charge is 0.252 e. The number of rotatable bonds is 2. The van der Waals surface area contributed by atoms with Gasteiger partial charge in [-0.25, -0.2) is 22.0 Å². The molecule has 4 rings (SSSR count). The fraction of sp³-hybridized carbons (Fsp3) is 0.190. The van der Waals surface area contributed by atoms with Crippen LogP contribution in [0.1, 0.15) is 24.1 Å². The summed E-state index contributed by atoms with van der Waals surface area (Å²) in [6, 6.07) is 10.6. The van der Waals surface area contributed by atoms with Crippen molar-refractivity contribution in [3.63, 3.8) is 0 Å². The smallest absolute Gasteiger partial charge is 0.200 e. The van der Waals surface area contributed by atoms with Crippen LogP contribution in [0, 0.1) is 29.1 Å². The topological polar surface area (TPSA) is 12.9 Å². The first-order valence-corrected chi connectivity index (χ1v) is 8.59. The lowest BCUT2D eigenvalue weighted by molar-refractivity contribution is 0.381. The van der Waals surface area contributed by atoms with Crippen LogP contribution in [0.15, 0.2) is 36.4 Å². The molecule has 3 aromatic rings. The van der Waals surface area contributed by atoms with Gasteiger partial charge < -0.3 is 0 Å². The molecule has 0 bridgehead atoms. The average molecular weight is 375 g/mol. The zero-order chi connectivity index (χ0) is 19.1. The molecule has 0 fully saturated rings.